The lowest BCUT2D eigenvalue weighted by Gasteiger charge is -2.25. The number of aromatic nitrogens is 3. The number of fused-ring (bicyclic) bond motifs is 1. The summed E-state index contributed by atoms with van der Waals surface area (Å²) in [4.78, 5) is 11.5. The SMILES string of the molecule is O=C(NCc1nnc2n1CC[C@H](C(F)(F)F)C2)c1ccccc1S(=O)(=O)C(F)F. The molecule has 0 radical (unpaired) electrons. The third-order valence-corrected chi connectivity index (χ3v) is 6.02. The summed E-state index contributed by atoms with van der Waals surface area (Å²) in [5.41, 5.74) is -0.469. The maximum atomic E-state index is 12.9. The molecule has 1 N–H and O–H groups in total. The van der Waals surface area contributed by atoms with Crippen LogP contribution in [0.2, 0.25) is 0 Å². The van der Waals surface area contributed by atoms with Crippen LogP contribution >= 0.6 is 0 Å². The molecule has 1 aliphatic heterocycles. The van der Waals surface area contributed by atoms with Gasteiger partial charge in [-0.2, -0.15) is 22.0 Å². The van der Waals surface area contributed by atoms with Crippen LogP contribution in [0, 0.1) is 5.92 Å². The summed E-state index contributed by atoms with van der Waals surface area (Å²) >= 11 is 0. The number of nitrogens with zero attached hydrogens (tertiary/aromatic N) is 3. The number of nitrogens with one attached hydrogen (secondary N) is 1. The first-order valence-electron chi connectivity index (χ1n) is 8.38. The van der Waals surface area contributed by atoms with Gasteiger partial charge in [0.1, 0.15) is 5.82 Å². The first-order chi connectivity index (χ1) is 13.5. The van der Waals surface area contributed by atoms with Crippen LogP contribution in [0.4, 0.5) is 22.0 Å². The molecular weight excluding hydrogens is 423 g/mol. The minimum Gasteiger partial charge on any atom is -0.345 e. The molecule has 0 spiro atoms. The van der Waals surface area contributed by atoms with E-state index in [1.165, 1.54) is 16.7 Å². The Hall–Kier alpha value is -2.57. The average Bonchev–Trinajstić information content (AvgIpc) is 3.07. The van der Waals surface area contributed by atoms with Crippen molar-refractivity contribution in [3.63, 3.8) is 0 Å². The second kappa shape index (κ2) is 7.69. The van der Waals surface area contributed by atoms with Gasteiger partial charge in [-0.05, 0) is 18.6 Å². The Morgan fingerprint density at radius 1 is 1.24 bits per heavy atom. The van der Waals surface area contributed by atoms with Gasteiger partial charge in [0.15, 0.2) is 5.82 Å². The van der Waals surface area contributed by atoms with Gasteiger partial charge in [-0.1, -0.05) is 12.1 Å². The van der Waals surface area contributed by atoms with E-state index in [0.717, 1.165) is 12.1 Å². The average molecular weight is 438 g/mol. The normalized spacial score (nSPS) is 17.2. The number of carbonyl (C=O) groups excluding carboxylic acids is 1. The number of halogens is 5. The van der Waals surface area contributed by atoms with Crippen LogP contribution < -0.4 is 5.32 Å². The number of hydrogen-bond donors (Lipinski definition) is 1. The minimum absolute atomic E-state index is 0.00800. The largest absolute Gasteiger partial charge is 0.392 e. The summed E-state index contributed by atoms with van der Waals surface area (Å²) < 4.78 is 89.2. The zero-order chi connectivity index (χ0) is 21.4. The maximum Gasteiger partial charge on any atom is 0.392 e. The maximum absolute atomic E-state index is 12.9. The van der Waals surface area contributed by atoms with Crippen molar-refractivity contribution in [3.8, 4) is 0 Å². The van der Waals surface area contributed by atoms with E-state index in [1.54, 1.807) is 0 Å². The monoisotopic (exact) mass is 438 g/mol. The van der Waals surface area contributed by atoms with E-state index < -0.39 is 44.1 Å². The van der Waals surface area contributed by atoms with Crippen molar-refractivity contribution in [2.24, 2.45) is 5.92 Å². The number of benzene rings is 1. The number of amides is 1. The molecule has 13 heteroatoms. The van der Waals surface area contributed by atoms with Crippen LogP contribution in [0.25, 0.3) is 0 Å². The molecule has 0 fully saturated rings. The van der Waals surface area contributed by atoms with Crippen molar-refractivity contribution in [3.05, 3.63) is 41.5 Å². The van der Waals surface area contributed by atoms with Crippen LogP contribution in [-0.2, 0) is 29.3 Å². The van der Waals surface area contributed by atoms with Crippen molar-refractivity contribution in [2.75, 3.05) is 0 Å². The summed E-state index contributed by atoms with van der Waals surface area (Å²) in [6.45, 7) is -0.250. The Morgan fingerprint density at radius 2 is 1.93 bits per heavy atom. The van der Waals surface area contributed by atoms with Crippen molar-refractivity contribution >= 4 is 15.7 Å². The van der Waals surface area contributed by atoms with Crippen LogP contribution in [-0.4, -0.2) is 41.0 Å². The summed E-state index contributed by atoms with van der Waals surface area (Å²) in [6, 6.07) is 4.50. The van der Waals surface area contributed by atoms with Gasteiger partial charge < -0.3 is 9.88 Å². The molecule has 2 heterocycles. The molecule has 2 aromatic rings. The Labute approximate surface area is 161 Å². The molecule has 3 rings (SSSR count). The summed E-state index contributed by atoms with van der Waals surface area (Å²) in [7, 11) is -4.99. The first-order valence-corrected chi connectivity index (χ1v) is 9.93. The highest BCUT2D eigenvalue weighted by atomic mass is 32.2. The van der Waals surface area contributed by atoms with Crippen LogP contribution in [0.5, 0.6) is 0 Å². The highest BCUT2D eigenvalue weighted by molar-refractivity contribution is 7.91. The van der Waals surface area contributed by atoms with E-state index in [-0.39, 0.29) is 37.6 Å². The highest BCUT2D eigenvalue weighted by Gasteiger charge is 2.42. The smallest absolute Gasteiger partial charge is 0.345 e. The number of carbonyl (C=O) groups is 1. The molecular formula is C16H15F5N4O3S. The van der Waals surface area contributed by atoms with Crippen LogP contribution in [0.1, 0.15) is 28.4 Å². The van der Waals surface area contributed by atoms with E-state index in [4.69, 9.17) is 0 Å². The standard InChI is InChI=1S/C16H15F5N4O3S/c17-15(18)29(27,28)11-4-2-1-3-10(11)14(26)22-8-13-24-23-12-7-9(16(19,20)21)5-6-25(12)13/h1-4,9,15H,5-8H2,(H,22,26)/t9-/m0/s1. The number of sulfone groups is 1. The molecule has 1 aromatic heterocycles. The zero-order valence-corrected chi connectivity index (χ0v) is 15.5. The Morgan fingerprint density at radius 3 is 2.59 bits per heavy atom. The van der Waals surface area contributed by atoms with Crippen LogP contribution in [0.3, 0.4) is 0 Å². The predicted molar refractivity (Wildman–Crippen MR) is 88.7 cm³/mol. The van der Waals surface area contributed by atoms with Gasteiger partial charge in [0.25, 0.3) is 5.91 Å². The Balaban J connectivity index is 1.75. The Kier molecular flexibility index (Phi) is 5.61. The molecule has 1 amide bonds. The van der Waals surface area contributed by atoms with Crippen LogP contribution in [0.15, 0.2) is 29.2 Å². The first kappa shape index (κ1) is 21.1. The fourth-order valence-corrected chi connectivity index (χ4v) is 3.98. The summed E-state index contributed by atoms with van der Waals surface area (Å²) in [5.74, 6) is -5.84. The molecule has 7 nitrogen and oxygen atoms in total. The van der Waals surface area contributed by atoms with Crippen molar-refractivity contribution < 1.29 is 35.2 Å². The van der Waals surface area contributed by atoms with Crippen molar-refractivity contribution in [1.29, 1.82) is 0 Å². The van der Waals surface area contributed by atoms with Crippen molar-refractivity contribution in [2.45, 2.75) is 42.8 Å². The lowest BCUT2D eigenvalue weighted by molar-refractivity contribution is -0.179. The van der Waals surface area contributed by atoms with E-state index in [1.807, 2.05) is 0 Å². The molecule has 29 heavy (non-hydrogen) atoms. The number of rotatable bonds is 5. The molecule has 158 valence electrons. The number of hydrogen-bond acceptors (Lipinski definition) is 5. The van der Waals surface area contributed by atoms with Gasteiger partial charge in [-0.3, -0.25) is 4.79 Å². The molecule has 0 saturated carbocycles. The topological polar surface area (TPSA) is 93.9 Å². The molecule has 0 unspecified atom stereocenters. The van der Waals surface area contributed by atoms with E-state index >= 15 is 0 Å². The quantitative estimate of drug-likeness (QED) is 0.724. The van der Waals surface area contributed by atoms with Crippen molar-refractivity contribution in [1.82, 2.24) is 20.1 Å². The fourth-order valence-electron chi connectivity index (χ4n) is 3.05. The van der Waals surface area contributed by atoms with Gasteiger partial charge >= 0.3 is 11.9 Å². The summed E-state index contributed by atoms with van der Waals surface area (Å²) in [6.07, 6.45) is -4.84. The van der Waals surface area contributed by atoms with E-state index in [0.29, 0.717) is 0 Å². The lowest BCUT2D eigenvalue weighted by atomic mass is 9.97. The molecule has 1 aliphatic rings. The fraction of sp³-hybridized carbons (Fsp3) is 0.438. The predicted octanol–water partition coefficient (Wildman–Crippen LogP) is 2.33. The van der Waals surface area contributed by atoms with Gasteiger partial charge in [0.05, 0.1) is 22.9 Å². The van der Waals surface area contributed by atoms with E-state index in [2.05, 4.69) is 15.5 Å². The second-order valence-electron chi connectivity index (χ2n) is 6.40. The van der Waals surface area contributed by atoms with E-state index in [9.17, 15) is 35.2 Å². The third kappa shape index (κ3) is 4.23. The minimum atomic E-state index is -4.99. The molecule has 0 bridgehead atoms. The third-order valence-electron chi connectivity index (χ3n) is 4.58. The van der Waals surface area contributed by atoms with Gasteiger partial charge in [-0.15, -0.1) is 10.2 Å². The summed E-state index contributed by atoms with van der Waals surface area (Å²) in [5, 5.41) is 9.84. The van der Waals surface area contributed by atoms with Gasteiger partial charge in [0, 0.05) is 13.0 Å². The second-order valence-corrected chi connectivity index (χ2v) is 8.29. The van der Waals surface area contributed by atoms with Gasteiger partial charge in [-0.25, -0.2) is 8.42 Å². The lowest BCUT2D eigenvalue weighted by Crippen LogP contribution is -2.32. The molecule has 1 aromatic carbocycles. The molecule has 0 aliphatic carbocycles. The number of alkyl halides is 5. The Bertz CT molecular complexity index is 1020. The highest BCUT2D eigenvalue weighted by Crippen LogP contribution is 2.34. The molecule has 0 saturated heterocycles. The zero-order valence-electron chi connectivity index (χ0n) is 14.7. The van der Waals surface area contributed by atoms with Gasteiger partial charge in [0.2, 0.25) is 9.84 Å². The molecule has 1 atom stereocenters.